The Hall–Kier alpha value is -2.00. The quantitative estimate of drug-likeness (QED) is 0.246. The largest absolute Gasteiger partial charge is 0.479 e. The first-order valence-corrected chi connectivity index (χ1v) is 11.3. The Labute approximate surface area is 206 Å². The average molecular weight is 588 g/mol. The molecule has 5 nitrogen and oxygen atoms in total. The molecule has 0 aliphatic rings. The van der Waals surface area contributed by atoms with Crippen molar-refractivity contribution in [2.45, 2.75) is 13.0 Å². The van der Waals surface area contributed by atoms with E-state index in [4.69, 9.17) is 44.0 Å². The number of rotatable bonds is 5. The Balaban J connectivity index is 1.52. The van der Waals surface area contributed by atoms with E-state index in [1.54, 1.807) is 49.4 Å². The zero-order chi connectivity index (χ0) is 22.1. The molecule has 4 rings (SSSR count). The van der Waals surface area contributed by atoms with E-state index in [1.807, 2.05) is 12.1 Å². The van der Waals surface area contributed by atoms with Gasteiger partial charge < -0.3 is 14.5 Å². The minimum atomic E-state index is -0.785. The minimum absolute atomic E-state index is 0.331. The highest BCUT2D eigenvalue weighted by atomic mass is 127. The van der Waals surface area contributed by atoms with Crippen LogP contribution in [0.25, 0.3) is 22.6 Å². The summed E-state index contributed by atoms with van der Waals surface area (Å²) in [6, 6.07) is 15.6. The molecule has 0 radical (unpaired) electrons. The molecule has 9 heteroatoms. The Kier molecular flexibility index (Phi) is 6.62. The number of anilines is 1. The molecule has 0 spiro atoms. The van der Waals surface area contributed by atoms with E-state index in [0.717, 1.165) is 3.57 Å². The zero-order valence-corrected chi connectivity index (χ0v) is 20.4. The summed E-state index contributed by atoms with van der Waals surface area (Å²) >= 11 is 20.5. The van der Waals surface area contributed by atoms with Crippen molar-refractivity contribution in [1.82, 2.24) is 4.98 Å². The summed E-state index contributed by atoms with van der Waals surface area (Å²) in [4.78, 5) is 17.1. The molecule has 1 aromatic heterocycles. The molecule has 1 heterocycles. The summed E-state index contributed by atoms with van der Waals surface area (Å²) in [6.45, 7) is 1.63. The van der Waals surface area contributed by atoms with E-state index in [2.05, 4.69) is 32.9 Å². The molecule has 4 aromatic rings. The number of benzene rings is 3. The third-order valence-electron chi connectivity index (χ3n) is 4.38. The molecule has 1 unspecified atom stereocenters. The number of nitrogens with zero attached hydrogens (tertiary/aromatic N) is 1. The van der Waals surface area contributed by atoms with Crippen molar-refractivity contribution in [3.05, 3.63) is 73.2 Å². The van der Waals surface area contributed by atoms with Crippen LogP contribution in [0, 0.1) is 3.57 Å². The van der Waals surface area contributed by atoms with Crippen LogP contribution in [0.1, 0.15) is 6.92 Å². The van der Waals surface area contributed by atoms with Gasteiger partial charge in [-0.15, -0.1) is 0 Å². The van der Waals surface area contributed by atoms with Crippen LogP contribution in [0.15, 0.2) is 59.0 Å². The van der Waals surface area contributed by atoms with Crippen LogP contribution in [0.2, 0.25) is 15.1 Å². The molecule has 0 aliphatic carbocycles. The molecule has 0 fully saturated rings. The minimum Gasteiger partial charge on any atom is -0.479 e. The third-order valence-corrected chi connectivity index (χ3v) is 5.91. The van der Waals surface area contributed by atoms with Gasteiger partial charge in [0.05, 0.1) is 15.6 Å². The summed E-state index contributed by atoms with van der Waals surface area (Å²) in [6.07, 6.45) is -0.785. The molecule has 1 amide bonds. The van der Waals surface area contributed by atoms with Crippen molar-refractivity contribution in [1.29, 1.82) is 0 Å². The van der Waals surface area contributed by atoms with Crippen LogP contribution in [-0.4, -0.2) is 17.0 Å². The highest BCUT2D eigenvalue weighted by molar-refractivity contribution is 14.1. The van der Waals surface area contributed by atoms with Gasteiger partial charge in [-0.05, 0) is 84.1 Å². The van der Waals surface area contributed by atoms with Gasteiger partial charge in [-0.1, -0.05) is 34.8 Å². The fourth-order valence-corrected chi connectivity index (χ4v) is 3.98. The summed E-state index contributed by atoms with van der Waals surface area (Å²) in [5, 5.41) is 4.18. The molecular weight excluding hydrogens is 574 g/mol. The zero-order valence-electron chi connectivity index (χ0n) is 16.0. The van der Waals surface area contributed by atoms with Gasteiger partial charge in [-0.25, -0.2) is 4.98 Å². The molecule has 158 valence electrons. The molecule has 0 aliphatic heterocycles. The van der Waals surface area contributed by atoms with Gasteiger partial charge in [0, 0.05) is 14.3 Å². The standard InChI is InChI=1S/C22H14Cl3IN2O3/c1-11(30-19-6-2-12(23)8-17(19)25)21(29)27-14-4-7-20-18(10-14)28-22(31-20)15-9-13(26)3-5-16(15)24/h2-11H,1H3,(H,27,29). The molecule has 0 saturated carbocycles. The lowest BCUT2D eigenvalue weighted by molar-refractivity contribution is -0.122. The fraction of sp³-hybridized carbons (Fsp3) is 0.0909. The van der Waals surface area contributed by atoms with Gasteiger partial charge in [0.25, 0.3) is 5.91 Å². The van der Waals surface area contributed by atoms with Crippen molar-refractivity contribution >= 4 is 80.1 Å². The lowest BCUT2D eigenvalue weighted by atomic mass is 10.2. The van der Waals surface area contributed by atoms with Crippen molar-refractivity contribution < 1.29 is 13.9 Å². The number of hydrogen-bond acceptors (Lipinski definition) is 4. The van der Waals surface area contributed by atoms with Crippen molar-refractivity contribution in [3.8, 4) is 17.2 Å². The number of amides is 1. The summed E-state index contributed by atoms with van der Waals surface area (Å²) < 4.78 is 12.5. The van der Waals surface area contributed by atoms with Gasteiger partial charge in [-0.3, -0.25) is 4.79 Å². The summed E-state index contributed by atoms with van der Waals surface area (Å²) in [7, 11) is 0. The highest BCUT2D eigenvalue weighted by Gasteiger charge is 2.18. The Morgan fingerprint density at radius 1 is 1.06 bits per heavy atom. The number of oxazole rings is 1. The number of carbonyl (C=O) groups excluding carboxylic acids is 1. The highest BCUT2D eigenvalue weighted by Crippen LogP contribution is 2.32. The van der Waals surface area contributed by atoms with Gasteiger partial charge in [0.1, 0.15) is 11.3 Å². The van der Waals surface area contributed by atoms with Crippen molar-refractivity contribution in [2.75, 3.05) is 5.32 Å². The molecule has 3 aromatic carbocycles. The van der Waals surface area contributed by atoms with Crippen molar-refractivity contribution in [3.63, 3.8) is 0 Å². The third kappa shape index (κ3) is 5.09. The fourth-order valence-electron chi connectivity index (χ4n) is 2.84. The SMILES string of the molecule is CC(Oc1ccc(Cl)cc1Cl)C(=O)Nc1ccc2oc(-c3cc(I)ccc3Cl)nc2c1. The van der Waals surface area contributed by atoms with Crippen LogP contribution in [0.5, 0.6) is 5.75 Å². The van der Waals surface area contributed by atoms with E-state index in [-0.39, 0.29) is 5.91 Å². The van der Waals surface area contributed by atoms with E-state index in [9.17, 15) is 4.79 Å². The number of aromatic nitrogens is 1. The number of fused-ring (bicyclic) bond motifs is 1. The first-order chi connectivity index (χ1) is 14.8. The number of carbonyl (C=O) groups is 1. The van der Waals surface area contributed by atoms with E-state index in [1.165, 1.54) is 0 Å². The second-order valence-electron chi connectivity index (χ2n) is 6.65. The van der Waals surface area contributed by atoms with Gasteiger partial charge >= 0.3 is 0 Å². The molecular formula is C22H14Cl3IN2O3. The number of halogens is 4. The van der Waals surface area contributed by atoms with E-state index < -0.39 is 6.10 Å². The normalized spacial score (nSPS) is 12.0. The van der Waals surface area contributed by atoms with Crippen molar-refractivity contribution in [2.24, 2.45) is 0 Å². The number of nitrogens with one attached hydrogen (secondary N) is 1. The monoisotopic (exact) mass is 586 g/mol. The molecule has 0 saturated heterocycles. The Morgan fingerprint density at radius 3 is 2.65 bits per heavy atom. The Bertz CT molecular complexity index is 1290. The lowest BCUT2D eigenvalue weighted by Crippen LogP contribution is -2.30. The van der Waals surface area contributed by atoms with E-state index >= 15 is 0 Å². The van der Waals surface area contributed by atoms with E-state index in [0.29, 0.717) is 49.1 Å². The first kappa shape index (κ1) is 22.2. The maximum atomic E-state index is 12.6. The first-order valence-electron chi connectivity index (χ1n) is 9.09. The topological polar surface area (TPSA) is 64.4 Å². The second kappa shape index (κ2) is 9.24. The van der Waals surface area contributed by atoms with Crippen LogP contribution < -0.4 is 10.1 Å². The molecule has 0 bridgehead atoms. The number of ether oxygens (including phenoxy) is 1. The number of hydrogen-bond donors (Lipinski definition) is 1. The molecule has 1 N–H and O–H groups in total. The Morgan fingerprint density at radius 2 is 1.87 bits per heavy atom. The van der Waals surface area contributed by atoms with Gasteiger partial charge in [-0.2, -0.15) is 0 Å². The van der Waals surface area contributed by atoms with Crippen LogP contribution in [0.4, 0.5) is 5.69 Å². The lowest BCUT2D eigenvalue weighted by Gasteiger charge is -2.15. The predicted molar refractivity (Wildman–Crippen MR) is 132 cm³/mol. The van der Waals surface area contributed by atoms with Gasteiger partial charge in [0.2, 0.25) is 5.89 Å². The van der Waals surface area contributed by atoms with Gasteiger partial charge in [0.15, 0.2) is 11.7 Å². The molecule has 1 atom stereocenters. The van der Waals surface area contributed by atoms with Crippen LogP contribution in [-0.2, 0) is 4.79 Å². The van der Waals surface area contributed by atoms with Crippen LogP contribution >= 0.6 is 57.4 Å². The second-order valence-corrected chi connectivity index (χ2v) is 9.15. The molecule has 31 heavy (non-hydrogen) atoms. The summed E-state index contributed by atoms with van der Waals surface area (Å²) in [5.41, 5.74) is 2.44. The van der Waals surface area contributed by atoms with Crippen LogP contribution in [0.3, 0.4) is 0 Å². The maximum Gasteiger partial charge on any atom is 0.265 e. The smallest absolute Gasteiger partial charge is 0.265 e. The average Bonchev–Trinajstić information content (AvgIpc) is 3.15. The predicted octanol–water partition coefficient (Wildman–Crippen LogP) is 7.47. The maximum absolute atomic E-state index is 12.6. The summed E-state index contributed by atoms with van der Waals surface area (Å²) in [5.74, 6) is 0.450.